The average Bonchev–Trinajstić information content (AvgIpc) is 2.99. The van der Waals surface area contributed by atoms with Gasteiger partial charge < -0.3 is 20.7 Å². The lowest BCUT2D eigenvalue weighted by Gasteiger charge is -2.14. The molecule has 1 aliphatic heterocycles. The molecule has 116 valence electrons. The summed E-state index contributed by atoms with van der Waals surface area (Å²) in [7, 11) is 0. The lowest BCUT2D eigenvalue weighted by atomic mass is 10.1. The fourth-order valence-corrected chi connectivity index (χ4v) is 2.44. The van der Waals surface area contributed by atoms with E-state index in [4.69, 9.17) is 4.74 Å². The molecule has 2 amide bonds. The van der Waals surface area contributed by atoms with Gasteiger partial charge in [0.25, 0.3) is 0 Å². The van der Waals surface area contributed by atoms with Gasteiger partial charge in [0, 0.05) is 30.8 Å². The highest BCUT2D eigenvalue weighted by molar-refractivity contribution is 5.89. The molecule has 1 fully saturated rings. The molecule has 21 heavy (non-hydrogen) atoms. The minimum atomic E-state index is -0.158. The van der Waals surface area contributed by atoms with Gasteiger partial charge in [0.05, 0.1) is 6.61 Å². The third kappa shape index (κ3) is 5.02. The quantitative estimate of drug-likeness (QED) is 0.754. The number of urea groups is 1. The Labute approximate surface area is 126 Å². The van der Waals surface area contributed by atoms with Crippen LogP contribution >= 0.6 is 0 Å². The van der Waals surface area contributed by atoms with Crippen molar-refractivity contribution < 1.29 is 9.53 Å². The van der Waals surface area contributed by atoms with Gasteiger partial charge in [-0.3, -0.25) is 0 Å². The first-order valence-electron chi connectivity index (χ1n) is 7.65. The summed E-state index contributed by atoms with van der Waals surface area (Å²) in [4.78, 5) is 11.8. The fraction of sp³-hybridized carbons (Fsp3) is 0.562. The van der Waals surface area contributed by atoms with E-state index in [0.717, 1.165) is 31.9 Å². The van der Waals surface area contributed by atoms with Gasteiger partial charge in [-0.2, -0.15) is 0 Å². The van der Waals surface area contributed by atoms with Gasteiger partial charge in [0.15, 0.2) is 0 Å². The molecule has 2 unspecified atom stereocenters. The molecule has 3 N–H and O–H groups in total. The lowest BCUT2D eigenvalue weighted by Crippen LogP contribution is -2.33. The Morgan fingerprint density at radius 2 is 2.14 bits per heavy atom. The third-order valence-electron chi connectivity index (χ3n) is 3.75. The second-order valence-electron chi connectivity index (χ2n) is 5.47. The van der Waals surface area contributed by atoms with Crippen LogP contribution in [0.5, 0.6) is 0 Å². The normalized spacial score (nSPS) is 19.2. The summed E-state index contributed by atoms with van der Waals surface area (Å²) in [6.07, 6.45) is 1.03. The first-order valence-corrected chi connectivity index (χ1v) is 7.65. The van der Waals surface area contributed by atoms with Crippen molar-refractivity contribution in [1.82, 2.24) is 10.6 Å². The highest BCUT2D eigenvalue weighted by atomic mass is 16.5. The zero-order valence-electron chi connectivity index (χ0n) is 12.8. The smallest absolute Gasteiger partial charge is 0.319 e. The number of nitrogens with one attached hydrogen (secondary N) is 3. The summed E-state index contributed by atoms with van der Waals surface area (Å²) in [5.41, 5.74) is 2.02. The van der Waals surface area contributed by atoms with Crippen LogP contribution in [0.25, 0.3) is 0 Å². The second kappa shape index (κ2) is 8.00. The minimum absolute atomic E-state index is 0.158. The van der Waals surface area contributed by atoms with E-state index < -0.39 is 0 Å². The maximum absolute atomic E-state index is 11.8. The Balaban J connectivity index is 1.77. The molecule has 2 rings (SSSR count). The van der Waals surface area contributed by atoms with Crippen molar-refractivity contribution in [2.45, 2.75) is 26.3 Å². The third-order valence-corrected chi connectivity index (χ3v) is 3.75. The van der Waals surface area contributed by atoms with Gasteiger partial charge in [-0.1, -0.05) is 19.1 Å². The molecule has 1 aromatic carbocycles. The van der Waals surface area contributed by atoms with Crippen molar-refractivity contribution in [3.8, 4) is 0 Å². The van der Waals surface area contributed by atoms with E-state index in [1.165, 1.54) is 5.56 Å². The van der Waals surface area contributed by atoms with E-state index in [1.54, 1.807) is 0 Å². The molecule has 0 aliphatic carbocycles. The number of amides is 2. The number of ether oxygens (including phenoxy) is 1. The zero-order valence-corrected chi connectivity index (χ0v) is 12.8. The van der Waals surface area contributed by atoms with Crippen LogP contribution < -0.4 is 16.0 Å². The molecular weight excluding hydrogens is 266 g/mol. The van der Waals surface area contributed by atoms with Crippen molar-refractivity contribution in [3.05, 3.63) is 29.8 Å². The standard InChI is InChI=1S/C16H25N3O2/c1-3-17-12(2)14-4-6-15(7-5-14)19-16(20)18-10-13-8-9-21-11-13/h4-7,12-13,17H,3,8-11H2,1-2H3,(H2,18,19,20). The highest BCUT2D eigenvalue weighted by Gasteiger charge is 2.16. The number of carbonyl (C=O) groups is 1. The number of benzene rings is 1. The second-order valence-corrected chi connectivity index (χ2v) is 5.47. The number of hydrogen-bond donors (Lipinski definition) is 3. The molecule has 1 heterocycles. The summed E-state index contributed by atoms with van der Waals surface area (Å²) < 4.78 is 5.29. The largest absolute Gasteiger partial charge is 0.381 e. The Bertz CT molecular complexity index is 441. The van der Waals surface area contributed by atoms with E-state index in [1.807, 2.05) is 24.3 Å². The molecule has 0 radical (unpaired) electrons. The van der Waals surface area contributed by atoms with E-state index in [2.05, 4.69) is 29.8 Å². The Morgan fingerprint density at radius 1 is 1.38 bits per heavy atom. The first-order chi connectivity index (χ1) is 10.2. The summed E-state index contributed by atoms with van der Waals surface area (Å²) in [5, 5.41) is 9.10. The first kappa shape index (κ1) is 15.8. The van der Waals surface area contributed by atoms with Gasteiger partial charge in [-0.25, -0.2) is 4.79 Å². The lowest BCUT2D eigenvalue weighted by molar-refractivity contribution is 0.185. The predicted molar refractivity (Wildman–Crippen MR) is 84.5 cm³/mol. The van der Waals surface area contributed by atoms with Crippen molar-refractivity contribution in [3.63, 3.8) is 0 Å². The molecule has 0 aromatic heterocycles. The van der Waals surface area contributed by atoms with E-state index >= 15 is 0 Å². The molecule has 1 aliphatic rings. The van der Waals surface area contributed by atoms with E-state index in [9.17, 15) is 4.79 Å². The molecule has 0 bridgehead atoms. The summed E-state index contributed by atoms with van der Waals surface area (Å²) in [6.45, 7) is 7.38. The molecule has 2 atom stereocenters. The van der Waals surface area contributed by atoms with Crippen LogP contribution in [-0.2, 0) is 4.74 Å². The number of rotatable bonds is 6. The SMILES string of the molecule is CCNC(C)c1ccc(NC(=O)NCC2CCOC2)cc1. The van der Waals surface area contributed by atoms with Crippen LogP contribution in [0.1, 0.15) is 31.9 Å². The van der Waals surface area contributed by atoms with Crippen LogP contribution in [0.4, 0.5) is 10.5 Å². The van der Waals surface area contributed by atoms with Crippen molar-refractivity contribution in [2.75, 3.05) is 31.6 Å². The van der Waals surface area contributed by atoms with Crippen molar-refractivity contribution in [2.24, 2.45) is 5.92 Å². The van der Waals surface area contributed by atoms with Gasteiger partial charge in [-0.15, -0.1) is 0 Å². The molecule has 0 saturated carbocycles. The van der Waals surface area contributed by atoms with Gasteiger partial charge in [0.1, 0.15) is 0 Å². The fourth-order valence-electron chi connectivity index (χ4n) is 2.44. The summed E-state index contributed by atoms with van der Waals surface area (Å²) in [5.74, 6) is 0.444. The Hall–Kier alpha value is -1.59. The van der Waals surface area contributed by atoms with E-state index in [0.29, 0.717) is 18.5 Å². The zero-order chi connectivity index (χ0) is 15.1. The van der Waals surface area contributed by atoms with E-state index in [-0.39, 0.29) is 6.03 Å². The Kier molecular flexibility index (Phi) is 6.02. The van der Waals surface area contributed by atoms with Crippen LogP contribution in [0.2, 0.25) is 0 Å². The van der Waals surface area contributed by atoms with Crippen LogP contribution in [-0.4, -0.2) is 32.3 Å². The van der Waals surface area contributed by atoms with Crippen molar-refractivity contribution >= 4 is 11.7 Å². The number of hydrogen-bond acceptors (Lipinski definition) is 3. The number of carbonyl (C=O) groups excluding carboxylic acids is 1. The summed E-state index contributed by atoms with van der Waals surface area (Å²) >= 11 is 0. The topological polar surface area (TPSA) is 62.4 Å². The molecule has 1 aromatic rings. The average molecular weight is 291 g/mol. The highest BCUT2D eigenvalue weighted by Crippen LogP contribution is 2.16. The monoisotopic (exact) mass is 291 g/mol. The molecular formula is C16H25N3O2. The van der Waals surface area contributed by atoms with Crippen LogP contribution in [0, 0.1) is 5.92 Å². The Morgan fingerprint density at radius 3 is 2.76 bits per heavy atom. The molecule has 0 spiro atoms. The molecule has 5 nitrogen and oxygen atoms in total. The van der Waals surface area contributed by atoms with Gasteiger partial charge in [-0.05, 0) is 37.6 Å². The van der Waals surface area contributed by atoms with Gasteiger partial charge in [0.2, 0.25) is 0 Å². The maximum Gasteiger partial charge on any atom is 0.319 e. The van der Waals surface area contributed by atoms with Crippen molar-refractivity contribution in [1.29, 1.82) is 0 Å². The minimum Gasteiger partial charge on any atom is -0.381 e. The van der Waals surface area contributed by atoms with Crippen LogP contribution in [0.3, 0.4) is 0 Å². The predicted octanol–water partition coefficient (Wildman–Crippen LogP) is 2.52. The summed E-state index contributed by atoms with van der Waals surface area (Å²) in [6, 6.07) is 8.10. The molecule has 5 heteroatoms. The number of anilines is 1. The molecule has 1 saturated heterocycles. The maximum atomic E-state index is 11.8. The van der Waals surface area contributed by atoms with Gasteiger partial charge >= 0.3 is 6.03 Å². The van der Waals surface area contributed by atoms with Crippen LogP contribution in [0.15, 0.2) is 24.3 Å².